The lowest BCUT2D eigenvalue weighted by Gasteiger charge is -2.15. The molecule has 1 aromatic carbocycles. The molecule has 5 rings (SSSR count). The number of nitrogens with zero attached hydrogens (tertiary/aromatic N) is 7. The van der Waals surface area contributed by atoms with Crippen molar-refractivity contribution in [3.63, 3.8) is 0 Å². The van der Waals surface area contributed by atoms with Gasteiger partial charge in [0.25, 0.3) is 11.8 Å². The first-order valence-electron chi connectivity index (χ1n) is 10.7. The Balaban J connectivity index is 1.38. The zero-order valence-electron chi connectivity index (χ0n) is 18.2. The van der Waals surface area contributed by atoms with Gasteiger partial charge in [0.2, 0.25) is 5.65 Å². The first kappa shape index (κ1) is 20.3. The third kappa shape index (κ3) is 2.98. The highest BCUT2D eigenvalue weighted by molar-refractivity contribution is 6.20. The molecule has 0 N–H and O–H groups in total. The second-order valence-corrected chi connectivity index (χ2v) is 7.89. The molecule has 1 aliphatic rings. The van der Waals surface area contributed by atoms with Crippen LogP contribution in [0.15, 0.2) is 24.3 Å². The van der Waals surface area contributed by atoms with Crippen molar-refractivity contribution in [3.8, 4) is 0 Å². The molecule has 4 aromatic rings. The van der Waals surface area contributed by atoms with E-state index in [9.17, 15) is 9.59 Å². The van der Waals surface area contributed by atoms with Crippen LogP contribution in [0.2, 0.25) is 0 Å². The van der Waals surface area contributed by atoms with Crippen molar-refractivity contribution in [1.29, 1.82) is 0 Å². The average molecular weight is 433 g/mol. The van der Waals surface area contributed by atoms with Crippen molar-refractivity contribution in [3.05, 3.63) is 52.5 Å². The highest BCUT2D eigenvalue weighted by Crippen LogP contribution is 2.27. The molecule has 0 saturated heterocycles. The fraction of sp³-hybridized carbons (Fsp3) is 0.364. The summed E-state index contributed by atoms with van der Waals surface area (Å²) in [6.07, 6.45) is 2.37. The van der Waals surface area contributed by atoms with Crippen LogP contribution < -0.4 is 0 Å². The summed E-state index contributed by atoms with van der Waals surface area (Å²) in [6, 6.07) is 6.75. The van der Waals surface area contributed by atoms with Gasteiger partial charge >= 0.3 is 0 Å². The highest BCUT2D eigenvalue weighted by atomic mass is 16.7. The number of benzene rings is 1. The number of aryl methyl sites for hydroxylation is 4. The van der Waals surface area contributed by atoms with E-state index < -0.39 is 11.8 Å². The van der Waals surface area contributed by atoms with Crippen molar-refractivity contribution in [2.75, 3.05) is 6.61 Å². The van der Waals surface area contributed by atoms with Gasteiger partial charge in [-0.3, -0.25) is 14.4 Å². The van der Waals surface area contributed by atoms with Crippen LogP contribution in [-0.4, -0.2) is 53.1 Å². The molecule has 0 atom stereocenters. The summed E-state index contributed by atoms with van der Waals surface area (Å²) < 4.78 is 3.90. The van der Waals surface area contributed by atoms with Crippen LogP contribution in [0.3, 0.4) is 0 Å². The minimum Gasteiger partial charge on any atom is -0.328 e. The number of carbonyl (C=O) groups is 2. The fourth-order valence-electron chi connectivity index (χ4n) is 4.24. The van der Waals surface area contributed by atoms with Crippen LogP contribution >= 0.6 is 0 Å². The van der Waals surface area contributed by atoms with Crippen LogP contribution in [-0.2, 0) is 17.8 Å². The van der Waals surface area contributed by atoms with Gasteiger partial charge in [0.1, 0.15) is 11.3 Å². The lowest BCUT2D eigenvalue weighted by atomic mass is 10.1. The number of amides is 2. The number of hydrogen-bond acceptors (Lipinski definition) is 7. The van der Waals surface area contributed by atoms with Gasteiger partial charge in [0, 0.05) is 18.7 Å². The summed E-state index contributed by atoms with van der Waals surface area (Å²) in [6.45, 7) is 7.00. The van der Waals surface area contributed by atoms with Gasteiger partial charge in [-0.1, -0.05) is 19.1 Å². The molecule has 0 aliphatic carbocycles. The lowest BCUT2D eigenvalue weighted by molar-refractivity contribution is -0.0925. The number of carbonyl (C=O) groups excluding carboxylic acids is 2. The molecule has 32 heavy (non-hydrogen) atoms. The predicted octanol–water partition coefficient (Wildman–Crippen LogP) is 2.66. The van der Waals surface area contributed by atoms with E-state index in [0.717, 1.165) is 46.0 Å². The Bertz CT molecular complexity index is 1340. The smallest absolute Gasteiger partial charge is 0.285 e. The normalized spacial score (nSPS) is 13.7. The maximum Gasteiger partial charge on any atom is 0.285 e. The molecule has 10 heteroatoms. The van der Waals surface area contributed by atoms with Crippen LogP contribution in [0.5, 0.6) is 0 Å². The largest absolute Gasteiger partial charge is 0.328 e. The van der Waals surface area contributed by atoms with Crippen molar-refractivity contribution in [2.45, 2.75) is 46.6 Å². The van der Waals surface area contributed by atoms with Gasteiger partial charge in [-0.05, 0) is 54.8 Å². The molecule has 1 aliphatic heterocycles. The standard InChI is InChI=1S/C22H23N7O3/c1-4-8-17-23-18-19(13(2)14(3)28-20(18)24-25-26-28)27(17)11-7-12-32-29-21(30)15-9-5-6-10-16(15)22(29)31/h5-6,9-10H,4,7-8,11-12H2,1-3H3. The van der Waals surface area contributed by atoms with E-state index in [1.165, 1.54) is 0 Å². The second-order valence-electron chi connectivity index (χ2n) is 7.89. The number of imidazole rings is 1. The number of hydrogen-bond donors (Lipinski definition) is 0. The number of pyridine rings is 1. The van der Waals surface area contributed by atoms with Gasteiger partial charge in [-0.15, -0.1) is 10.2 Å². The molecule has 0 radical (unpaired) electrons. The zero-order valence-corrected chi connectivity index (χ0v) is 18.2. The summed E-state index contributed by atoms with van der Waals surface area (Å²) in [5.74, 6) is 0.124. The molecule has 3 aromatic heterocycles. The molecule has 164 valence electrons. The predicted molar refractivity (Wildman–Crippen MR) is 115 cm³/mol. The average Bonchev–Trinajstić information content (AvgIpc) is 3.48. The number of rotatable bonds is 7. The van der Waals surface area contributed by atoms with Gasteiger partial charge in [0.05, 0.1) is 23.3 Å². The molecular weight excluding hydrogens is 410 g/mol. The van der Waals surface area contributed by atoms with Crippen molar-refractivity contribution in [1.82, 2.24) is 34.7 Å². The summed E-state index contributed by atoms with van der Waals surface area (Å²) in [7, 11) is 0. The van der Waals surface area contributed by atoms with Gasteiger partial charge in [-0.2, -0.15) is 4.52 Å². The molecule has 0 bridgehead atoms. The van der Waals surface area contributed by atoms with Crippen molar-refractivity contribution >= 4 is 28.5 Å². The van der Waals surface area contributed by atoms with Gasteiger partial charge < -0.3 is 4.57 Å². The van der Waals surface area contributed by atoms with Crippen LogP contribution in [0.25, 0.3) is 16.7 Å². The Morgan fingerprint density at radius 2 is 1.78 bits per heavy atom. The van der Waals surface area contributed by atoms with E-state index >= 15 is 0 Å². The van der Waals surface area contributed by atoms with E-state index in [0.29, 0.717) is 29.7 Å². The Morgan fingerprint density at radius 1 is 1.06 bits per heavy atom. The molecule has 0 spiro atoms. The Morgan fingerprint density at radius 3 is 2.47 bits per heavy atom. The van der Waals surface area contributed by atoms with E-state index in [4.69, 9.17) is 9.82 Å². The summed E-state index contributed by atoms with van der Waals surface area (Å²) in [5, 5.41) is 12.9. The summed E-state index contributed by atoms with van der Waals surface area (Å²) in [4.78, 5) is 35.4. The van der Waals surface area contributed by atoms with E-state index in [2.05, 4.69) is 27.0 Å². The first-order valence-corrected chi connectivity index (χ1v) is 10.7. The lowest BCUT2D eigenvalue weighted by Crippen LogP contribution is -2.30. The molecule has 0 unspecified atom stereocenters. The SMILES string of the molecule is CCCc1nc2c(c(C)c(C)n3nnnc23)n1CCCON1C(=O)c2ccccc2C1=O. The summed E-state index contributed by atoms with van der Waals surface area (Å²) in [5.41, 5.74) is 5.21. The minimum atomic E-state index is -0.418. The van der Waals surface area contributed by atoms with E-state index in [1.807, 2.05) is 13.8 Å². The third-order valence-corrected chi connectivity index (χ3v) is 5.92. The third-order valence-electron chi connectivity index (χ3n) is 5.92. The highest BCUT2D eigenvalue weighted by Gasteiger charge is 2.36. The minimum absolute atomic E-state index is 0.226. The Hall–Kier alpha value is -3.66. The molecule has 10 nitrogen and oxygen atoms in total. The molecule has 0 saturated carbocycles. The maximum absolute atomic E-state index is 12.5. The van der Waals surface area contributed by atoms with E-state index in [-0.39, 0.29) is 6.61 Å². The van der Waals surface area contributed by atoms with Crippen molar-refractivity contribution in [2.24, 2.45) is 0 Å². The number of fused-ring (bicyclic) bond motifs is 4. The number of tetrazole rings is 1. The van der Waals surface area contributed by atoms with Crippen LogP contribution in [0, 0.1) is 13.8 Å². The molecule has 0 fully saturated rings. The fourth-order valence-corrected chi connectivity index (χ4v) is 4.24. The Kier molecular flexibility index (Phi) is 4.93. The molecule has 4 heterocycles. The monoisotopic (exact) mass is 433 g/mol. The Labute approximate surface area is 183 Å². The first-order chi connectivity index (χ1) is 15.5. The molecule has 2 amide bonds. The quantitative estimate of drug-likeness (QED) is 0.326. The van der Waals surface area contributed by atoms with E-state index in [1.54, 1.807) is 28.8 Å². The number of imide groups is 1. The molecular formula is C22H23N7O3. The van der Waals surface area contributed by atoms with Crippen LogP contribution in [0.4, 0.5) is 0 Å². The maximum atomic E-state index is 12.5. The van der Waals surface area contributed by atoms with Crippen LogP contribution in [0.1, 0.15) is 57.6 Å². The summed E-state index contributed by atoms with van der Waals surface area (Å²) >= 11 is 0. The van der Waals surface area contributed by atoms with Gasteiger partial charge in [0.15, 0.2) is 0 Å². The number of aromatic nitrogens is 6. The second kappa shape index (κ2) is 7.79. The van der Waals surface area contributed by atoms with Gasteiger partial charge in [-0.25, -0.2) is 4.98 Å². The number of hydroxylamine groups is 2. The van der Waals surface area contributed by atoms with Crippen molar-refractivity contribution < 1.29 is 14.4 Å². The topological polar surface area (TPSA) is 108 Å². The zero-order chi connectivity index (χ0) is 22.4.